The van der Waals surface area contributed by atoms with E-state index in [4.69, 9.17) is 19.8 Å². The Bertz CT molecular complexity index is 137. The molecule has 64 valence electrons. The standard InChI is InChI=1S/C5H10.C2H2O4/c1-5-3-2-4-5;3-1(4)2(5)6/h5H,2-4H2,1H3;(H,3,4)(H,5,6). The molecule has 0 radical (unpaired) electrons. The molecular formula is C7H12O4. The molecular weight excluding hydrogens is 148 g/mol. The normalized spacial score (nSPS) is 15.7. The highest BCUT2D eigenvalue weighted by Crippen LogP contribution is 2.24. The zero-order valence-corrected chi connectivity index (χ0v) is 6.41. The molecule has 0 spiro atoms. The molecule has 4 heteroatoms. The summed E-state index contributed by atoms with van der Waals surface area (Å²) in [5.41, 5.74) is 0. The van der Waals surface area contributed by atoms with Gasteiger partial charge in [0.25, 0.3) is 0 Å². The number of carboxylic acids is 2. The summed E-state index contributed by atoms with van der Waals surface area (Å²) < 4.78 is 0. The van der Waals surface area contributed by atoms with Crippen LogP contribution in [0.4, 0.5) is 0 Å². The summed E-state index contributed by atoms with van der Waals surface area (Å²) in [7, 11) is 0. The third-order valence-corrected chi connectivity index (χ3v) is 1.58. The predicted octanol–water partition coefficient (Wildman–Crippen LogP) is 0.962. The summed E-state index contributed by atoms with van der Waals surface area (Å²) in [6, 6.07) is 0. The summed E-state index contributed by atoms with van der Waals surface area (Å²) in [6.45, 7) is 2.31. The van der Waals surface area contributed by atoms with Gasteiger partial charge in [0.15, 0.2) is 0 Å². The Hall–Kier alpha value is -1.06. The molecule has 0 unspecified atom stereocenters. The van der Waals surface area contributed by atoms with E-state index in [1.54, 1.807) is 0 Å². The lowest BCUT2D eigenvalue weighted by Crippen LogP contribution is -2.09. The Kier molecular flexibility index (Phi) is 4.26. The smallest absolute Gasteiger partial charge is 0.414 e. The van der Waals surface area contributed by atoms with E-state index in [-0.39, 0.29) is 0 Å². The molecule has 0 saturated heterocycles. The lowest BCUT2D eigenvalue weighted by atomic mass is 9.88. The molecule has 11 heavy (non-hydrogen) atoms. The number of hydrogen-bond acceptors (Lipinski definition) is 2. The van der Waals surface area contributed by atoms with Crippen LogP contribution in [0.2, 0.25) is 0 Å². The molecule has 1 aliphatic rings. The maximum atomic E-state index is 9.10. The van der Waals surface area contributed by atoms with Crippen molar-refractivity contribution >= 4 is 11.9 Å². The van der Waals surface area contributed by atoms with Crippen LogP contribution >= 0.6 is 0 Å². The summed E-state index contributed by atoms with van der Waals surface area (Å²) in [6.07, 6.45) is 4.46. The van der Waals surface area contributed by atoms with Crippen LogP contribution < -0.4 is 0 Å². The van der Waals surface area contributed by atoms with Gasteiger partial charge < -0.3 is 10.2 Å². The lowest BCUT2D eigenvalue weighted by molar-refractivity contribution is -0.159. The highest BCUT2D eigenvalue weighted by atomic mass is 16.4. The number of carbonyl (C=O) groups is 2. The summed E-state index contributed by atoms with van der Waals surface area (Å²) >= 11 is 0. The molecule has 4 nitrogen and oxygen atoms in total. The number of hydrogen-bond donors (Lipinski definition) is 2. The molecule has 0 atom stereocenters. The monoisotopic (exact) mass is 160 g/mol. The minimum Gasteiger partial charge on any atom is -0.473 e. The topological polar surface area (TPSA) is 74.6 Å². The quantitative estimate of drug-likeness (QED) is 0.517. The molecule has 0 aliphatic heterocycles. The van der Waals surface area contributed by atoms with Crippen LogP contribution in [0, 0.1) is 5.92 Å². The first-order valence-electron chi connectivity index (χ1n) is 3.50. The Labute approximate surface area is 64.8 Å². The van der Waals surface area contributed by atoms with E-state index in [2.05, 4.69) is 6.92 Å². The third-order valence-electron chi connectivity index (χ3n) is 1.58. The van der Waals surface area contributed by atoms with Crippen LogP contribution in [0.1, 0.15) is 26.2 Å². The van der Waals surface area contributed by atoms with Gasteiger partial charge in [0, 0.05) is 0 Å². The lowest BCUT2D eigenvalue weighted by Gasteiger charge is -2.18. The van der Waals surface area contributed by atoms with E-state index in [1.807, 2.05) is 0 Å². The SMILES string of the molecule is CC1CCC1.O=C(O)C(=O)O. The van der Waals surface area contributed by atoms with Gasteiger partial charge in [-0.3, -0.25) is 0 Å². The summed E-state index contributed by atoms with van der Waals surface area (Å²) in [4.78, 5) is 18.2. The fourth-order valence-corrected chi connectivity index (χ4v) is 0.612. The second-order valence-electron chi connectivity index (χ2n) is 2.65. The van der Waals surface area contributed by atoms with Crippen LogP contribution in [0.15, 0.2) is 0 Å². The van der Waals surface area contributed by atoms with Gasteiger partial charge >= 0.3 is 11.9 Å². The average molecular weight is 160 g/mol. The molecule has 0 aromatic heterocycles. The van der Waals surface area contributed by atoms with Crippen LogP contribution in [0.5, 0.6) is 0 Å². The molecule has 1 fully saturated rings. The van der Waals surface area contributed by atoms with Crippen LogP contribution in [0.25, 0.3) is 0 Å². The predicted molar refractivity (Wildman–Crippen MR) is 38.3 cm³/mol. The van der Waals surface area contributed by atoms with Crippen molar-refractivity contribution in [1.29, 1.82) is 0 Å². The van der Waals surface area contributed by atoms with Crippen molar-refractivity contribution in [3.8, 4) is 0 Å². The Morgan fingerprint density at radius 1 is 1.18 bits per heavy atom. The fraction of sp³-hybridized carbons (Fsp3) is 0.714. The van der Waals surface area contributed by atoms with E-state index < -0.39 is 11.9 Å². The zero-order chi connectivity index (χ0) is 8.85. The van der Waals surface area contributed by atoms with Gasteiger partial charge in [-0.1, -0.05) is 26.2 Å². The van der Waals surface area contributed by atoms with Crippen molar-refractivity contribution in [3.63, 3.8) is 0 Å². The molecule has 0 aromatic rings. The second-order valence-corrected chi connectivity index (χ2v) is 2.65. The first kappa shape index (κ1) is 9.94. The maximum Gasteiger partial charge on any atom is 0.414 e. The van der Waals surface area contributed by atoms with E-state index in [0.29, 0.717) is 0 Å². The van der Waals surface area contributed by atoms with E-state index >= 15 is 0 Å². The zero-order valence-electron chi connectivity index (χ0n) is 6.41. The van der Waals surface area contributed by atoms with Gasteiger partial charge in [-0.2, -0.15) is 0 Å². The molecule has 1 saturated carbocycles. The van der Waals surface area contributed by atoms with Gasteiger partial charge in [0.1, 0.15) is 0 Å². The number of carboxylic acid groups (broad SMARTS) is 2. The van der Waals surface area contributed by atoms with Crippen molar-refractivity contribution in [2.75, 3.05) is 0 Å². The fourth-order valence-electron chi connectivity index (χ4n) is 0.612. The Balaban J connectivity index is 0.000000183. The maximum absolute atomic E-state index is 9.10. The van der Waals surface area contributed by atoms with E-state index in [0.717, 1.165) is 5.92 Å². The minimum absolute atomic E-state index is 1.06. The molecule has 0 amide bonds. The Morgan fingerprint density at radius 3 is 1.45 bits per heavy atom. The van der Waals surface area contributed by atoms with Gasteiger partial charge in [0.05, 0.1) is 0 Å². The van der Waals surface area contributed by atoms with Crippen molar-refractivity contribution in [2.45, 2.75) is 26.2 Å². The third kappa shape index (κ3) is 5.39. The number of rotatable bonds is 0. The second kappa shape index (κ2) is 4.71. The molecule has 1 aliphatic carbocycles. The molecule has 1 rings (SSSR count). The molecule has 0 bridgehead atoms. The minimum atomic E-state index is -1.82. The van der Waals surface area contributed by atoms with Crippen LogP contribution in [-0.2, 0) is 9.59 Å². The van der Waals surface area contributed by atoms with Gasteiger partial charge in [-0.25, -0.2) is 9.59 Å². The van der Waals surface area contributed by atoms with Crippen LogP contribution in [-0.4, -0.2) is 22.2 Å². The van der Waals surface area contributed by atoms with Crippen molar-refractivity contribution in [2.24, 2.45) is 5.92 Å². The summed E-state index contributed by atoms with van der Waals surface area (Å²) in [5, 5.41) is 14.8. The Morgan fingerprint density at radius 2 is 1.45 bits per heavy atom. The highest BCUT2D eigenvalue weighted by Gasteiger charge is 2.09. The summed E-state index contributed by atoms with van der Waals surface area (Å²) in [5.74, 6) is -2.58. The first-order chi connectivity index (χ1) is 5.04. The molecule has 0 heterocycles. The number of aliphatic carboxylic acids is 2. The van der Waals surface area contributed by atoms with Gasteiger partial charge in [-0.05, 0) is 5.92 Å². The van der Waals surface area contributed by atoms with Crippen LogP contribution in [0.3, 0.4) is 0 Å². The molecule has 2 N–H and O–H groups in total. The molecule has 0 aromatic carbocycles. The van der Waals surface area contributed by atoms with E-state index in [1.165, 1.54) is 19.3 Å². The first-order valence-corrected chi connectivity index (χ1v) is 3.50. The van der Waals surface area contributed by atoms with Gasteiger partial charge in [0.2, 0.25) is 0 Å². The highest BCUT2D eigenvalue weighted by molar-refractivity contribution is 6.27. The van der Waals surface area contributed by atoms with Crippen molar-refractivity contribution < 1.29 is 19.8 Å². The van der Waals surface area contributed by atoms with E-state index in [9.17, 15) is 0 Å². The van der Waals surface area contributed by atoms with Crippen molar-refractivity contribution in [1.82, 2.24) is 0 Å². The van der Waals surface area contributed by atoms with Crippen molar-refractivity contribution in [3.05, 3.63) is 0 Å². The largest absolute Gasteiger partial charge is 0.473 e. The van der Waals surface area contributed by atoms with Gasteiger partial charge in [-0.15, -0.1) is 0 Å². The average Bonchev–Trinajstić information content (AvgIpc) is 1.85.